The van der Waals surface area contributed by atoms with Crippen molar-refractivity contribution in [1.82, 2.24) is 21.3 Å². The van der Waals surface area contributed by atoms with Gasteiger partial charge in [-0.2, -0.15) is 0 Å². The van der Waals surface area contributed by atoms with Crippen LogP contribution in [0.2, 0.25) is 0 Å². The van der Waals surface area contributed by atoms with Crippen LogP contribution in [0.3, 0.4) is 0 Å². The number of aliphatic carboxylic acids is 1. The van der Waals surface area contributed by atoms with Crippen molar-refractivity contribution < 1.29 is 44.4 Å². The second-order valence-electron chi connectivity index (χ2n) is 12.1. The van der Waals surface area contributed by atoms with Crippen molar-refractivity contribution in [3.63, 3.8) is 0 Å². The highest BCUT2D eigenvalue weighted by atomic mass is 16.4. The Morgan fingerprint density at radius 1 is 0.462 bits per heavy atom. The molecular weight excluding hydrogens is 670 g/mol. The third kappa shape index (κ3) is 11.9. The summed E-state index contributed by atoms with van der Waals surface area (Å²) in [6, 6.07) is 21.3. The van der Waals surface area contributed by atoms with Gasteiger partial charge in [-0.05, 0) is 58.7 Å². The van der Waals surface area contributed by atoms with E-state index >= 15 is 0 Å². The van der Waals surface area contributed by atoms with E-state index < -0.39 is 60.3 Å². The Morgan fingerprint density at radius 2 is 0.769 bits per heavy atom. The molecule has 4 atom stereocenters. The van der Waals surface area contributed by atoms with Crippen LogP contribution in [-0.2, 0) is 49.7 Å². The summed E-state index contributed by atoms with van der Waals surface area (Å²) in [5, 5.41) is 49.5. The predicted molar refractivity (Wildman–Crippen MR) is 190 cm³/mol. The molecule has 4 amide bonds. The molecule has 10 N–H and O–H groups in total. The molecule has 14 nitrogen and oxygen atoms in total. The highest BCUT2D eigenvalue weighted by molar-refractivity contribution is 5.95. The number of aromatic hydroxyl groups is 3. The van der Waals surface area contributed by atoms with Crippen molar-refractivity contribution in [2.24, 2.45) is 5.73 Å². The van der Waals surface area contributed by atoms with Crippen LogP contribution in [0, 0.1) is 0 Å². The van der Waals surface area contributed by atoms with Gasteiger partial charge in [0.15, 0.2) is 0 Å². The summed E-state index contributed by atoms with van der Waals surface area (Å²) in [5.41, 5.74) is 7.83. The minimum atomic E-state index is -1.38. The lowest BCUT2D eigenvalue weighted by atomic mass is 10.0. The smallest absolute Gasteiger partial charge is 0.326 e. The lowest BCUT2D eigenvalue weighted by Crippen LogP contribution is -2.59. The number of amides is 4. The molecule has 0 aliphatic rings. The Balaban J connectivity index is 1.61. The molecule has 0 bridgehead atoms. The van der Waals surface area contributed by atoms with Gasteiger partial charge in [-0.3, -0.25) is 19.2 Å². The van der Waals surface area contributed by atoms with E-state index in [0.29, 0.717) is 22.3 Å². The van der Waals surface area contributed by atoms with Gasteiger partial charge in [0.1, 0.15) is 41.4 Å². The SMILES string of the molecule is NCC(=O)N[C@H](Cc1ccc(O)cc1)C(=O)N[C@H](Cc1ccc(O)cc1)C(=O)N[C@H](Cc1ccccc1)C(=O)N[C@H](Cc1ccc(O)cc1)C(=O)O. The maximum Gasteiger partial charge on any atom is 0.326 e. The number of hydrogen-bond donors (Lipinski definition) is 9. The van der Waals surface area contributed by atoms with Gasteiger partial charge in [0.05, 0.1) is 6.54 Å². The molecule has 0 fully saturated rings. The van der Waals surface area contributed by atoms with Crippen molar-refractivity contribution in [3.8, 4) is 17.2 Å². The first kappa shape index (κ1) is 38.4. The minimum Gasteiger partial charge on any atom is -0.508 e. The average Bonchev–Trinajstić information content (AvgIpc) is 3.13. The molecule has 0 aliphatic carbocycles. The first-order chi connectivity index (χ1) is 24.9. The number of nitrogens with one attached hydrogen (secondary N) is 4. The van der Waals surface area contributed by atoms with Crippen LogP contribution in [0.4, 0.5) is 0 Å². The molecule has 0 spiro atoms. The Morgan fingerprint density at radius 3 is 1.12 bits per heavy atom. The molecule has 0 aromatic heterocycles. The summed E-state index contributed by atoms with van der Waals surface area (Å²) in [5.74, 6) is -4.28. The fourth-order valence-electron chi connectivity index (χ4n) is 5.35. The zero-order valence-electron chi connectivity index (χ0n) is 28.1. The molecule has 0 radical (unpaired) electrons. The van der Waals surface area contributed by atoms with Gasteiger partial charge in [-0.25, -0.2) is 4.79 Å². The van der Waals surface area contributed by atoms with E-state index in [1.807, 2.05) is 0 Å². The minimum absolute atomic E-state index is 0.00509. The lowest BCUT2D eigenvalue weighted by molar-refractivity contribution is -0.142. The number of phenols is 3. The van der Waals surface area contributed by atoms with Crippen LogP contribution in [0.1, 0.15) is 22.3 Å². The van der Waals surface area contributed by atoms with Crippen molar-refractivity contribution in [1.29, 1.82) is 0 Å². The monoisotopic (exact) mass is 711 g/mol. The Kier molecular flexibility index (Phi) is 13.7. The Bertz CT molecular complexity index is 1820. The van der Waals surface area contributed by atoms with Crippen LogP contribution in [-0.4, -0.2) is 80.7 Å². The van der Waals surface area contributed by atoms with Crippen molar-refractivity contribution in [2.45, 2.75) is 49.9 Å². The highest BCUT2D eigenvalue weighted by Crippen LogP contribution is 2.15. The van der Waals surface area contributed by atoms with Crippen LogP contribution in [0.15, 0.2) is 103 Å². The van der Waals surface area contributed by atoms with Gasteiger partial charge >= 0.3 is 5.97 Å². The summed E-state index contributed by atoms with van der Waals surface area (Å²) in [6.45, 7) is -0.406. The molecule has 4 aromatic rings. The van der Waals surface area contributed by atoms with E-state index in [-0.39, 0.29) is 42.9 Å². The van der Waals surface area contributed by atoms with Crippen LogP contribution < -0.4 is 27.0 Å². The standard InChI is InChI=1S/C38H41N5O9/c39-22-34(47)40-30(19-24-6-12-27(44)13-7-24)35(48)41-32(20-25-8-14-28(45)15-9-25)36(49)42-31(18-23-4-2-1-3-5-23)37(50)43-33(38(51)52)21-26-10-16-29(46)17-11-26/h1-17,30-33,44-46H,18-22,39H2,(H,40,47)(H,41,48)(H,42,49)(H,43,50)(H,51,52)/t30-,31-,32-,33-/m1/s1. The second-order valence-corrected chi connectivity index (χ2v) is 12.1. The zero-order chi connectivity index (χ0) is 37.6. The van der Waals surface area contributed by atoms with Crippen molar-refractivity contribution >= 4 is 29.6 Å². The fraction of sp³-hybridized carbons (Fsp3) is 0.237. The summed E-state index contributed by atoms with van der Waals surface area (Å²) in [7, 11) is 0. The lowest BCUT2D eigenvalue weighted by Gasteiger charge is -2.26. The number of carbonyl (C=O) groups is 5. The summed E-state index contributed by atoms with van der Waals surface area (Å²) in [4.78, 5) is 66.1. The highest BCUT2D eigenvalue weighted by Gasteiger charge is 2.32. The van der Waals surface area contributed by atoms with Gasteiger partial charge in [0.25, 0.3) is 0 Å². The van der Waals surface area contributed by atoms with E-state index in [4.69, 9.17) is 5.73 Å². The molecule has 0 heterocycles. The first-order valence-electron chi connectivity index (χ1n) is 16.4. The molecule has 0 aliphatic heterocycles. The molecule has 272 valence electrons. The average molecular weight is 712 g/mol. The second kappa shape index (κ2) is 18.5. The topological polar surface area (TPSA) is 240 Å². The van der Waals surface area contributed by atoms with Gasteiger partial charge in [-0.15, -0.1) is 0 Å². The van der Waals surface area contributed by atoms with Gasteiger partial charge in [0.2, 0.25) is 23.6 Å². The third-order valence-corrected chi connectivity index (χ3v) is 8.13. The normalized spacial score (nSPS) is 13.1. The van der Waals surface area contributed by atoms with Gasteiger partial charge in [-0.1, -0.05) is 66.7 Å². The quantitative estimate of drug-likeness (QED) is 0.0755. The maximum atomic E-state index is 14.1. The number of nitrogens with two attached hydrogens (primary N) is 1. The molecule has 52 heavy (non-hydrogen) atoms. The first-order valence-corrected chi connectivity index (χ1v) is 16.4. The third-order valence-electron chi connectivity index (χ3n) is 8.13. The largest absolute Gasteiger partial charge is 0.508 e. The molecule has 0 saturated carbocycles. The van der Waals surface area contributed by atoms with Gasteiger partial charge in [0, 0.05) is 25.7 Å². The van der Waals surface area contributed by atoms with Crippen LogP contribution >= 0.6 is 0 Å². The Labute approximate surface area is 299 Å². The number of benzene rings is 4. The van der Waals surface area contributed by atoms with E-state index in [0.717, 1.165) is 0 Å². The molecular formula is C38H41N5O9. The molecule has 4 rings (SSSR count). The molecule has 14 heteroatoms. The van der Waals surface area contributed by atoms with E-state index in [2.05, 4.69) is 21.3 Å². The predicted octanol–water partition coefficient (Wildman–Crippen LogP) is 1.06. The van der Waals surface area contributed by atoms with Crippen LogP contribution in [0.5, 0.6) is 17.2 Å². The zero-order valence-corrected chi connectivity index (χ0v) is 28.1. The molecule has 0 unspecified atom stereocenters. The number of carbonyl (C=O) groups excluding carboxylic acids is 4. The van der Waals surface area contributed by atoms with E-state index in [1.54, 1.807) is 54.6 Å². The van der Waals surface area contributed by atoms with E-state index in [9.17, 15) is 44.4 Å². The summed E-state index contributed by atoms with van der Waals surface area (Å²) >= 11 is 0. The van der Waals surface area contributed by atoms with Crippen molar-refractivity contribution in [2.75, 3.05) is 6.54 Å². The van der Waals surface area contributed by atoms with Gasteiger partial charge < -0.3 is 47.4 Å². The summed E-state index contributed by atoms with van der Waals surface area (Å²) in [6.07, 6.45) is -0.237. The number of carboxylic acid groups (broad SMARTS) is 1. The number of carboxylic acids is 1. The summed E-state index contributed by atoms with van der Waals surface area (Å²) < 4.78 is 0. The van der Waals surface area contributed by atoms with E-state index in [1.165, 1.54) is 48.5 Å². The Hall–Kier alpha value is -6.41. The molecule has 0 saturated heterocycles. The molecule has 4 aromatic carbocycles. The number of phenolic OH excluding ortho intramolecular Hbond substituents is 3. The van der Waals surface area contributed by atoms with Crippen molar-refractivity contribution in [3.05, 3.63) is 125 Å². The van der Waals surface area contributed by atoms with Crippen LogP contribution in [0.25, 0.3) is 0 Å². The number of hydrogen-bond acceptors (Lipinski definition) is 9. The maximum absolute atomic E-state index is 14.1. The fourth-order valence-corrected chi connectivity index (χ4v) is 5.35. The number of rotatable bonds is 17.